The average molecular weight is 240 g/mol. The van der Waals surface area contributed by atoms with Crippen LogP contribution in [0.15, 0.2) is 12.7 Å². The Hall–Kier alpha value is -1.32. The zero-order chi connectivity index (χ0) is 12.7. The predicted molar refractivity (Wildman–Crippen MR) is 63.3 cm³/mol. The molecule has 0 bridgehead atoms. The molecule has 0 aromatic heterocycles. The molecule has 17 heavy (non-hydrogen) atoms. The van der Waals surface area contributed by atoms with Gasteiger partial charge in [0.2, 0.25) is 0 Å². The Morgan fingerprint density at radius 1 is 1.29 bits per heavy atom. The first-order valence-electron chi connectivity index (χ1n) is 6.10. The molecule has 0 N–H and O–H groups in total. The van der Waals surface area contributed by atoms with E-state index in [4.69, 9.17) is 9.47 Å². The van der Waals surface area contributed by atoms with Gasteiger partial charge < -0.3 is 9.47 Å². The highest BCUT2D eigenvalue weighted by molar-refractivity contribution is 5.81. The molecular formula is C13H20O4. The van der Waals surface area contributed by atoms with Gasteiger partial charge in [-0.15, -0.1) is 0 Å². The van der Waals surface area contributed by atoms with Gasteiger partial charge in [-0.05, 0) is 31.6 Å². The van der Waals surface area contributed by atoms with Gasteiger partial charge in [0.25, 0.3) is 0 Å². The first kappa shape index (κ1) is 13.7. The van der Waals surface area contributed by atoms with Crippen LogP contribution < -0.4 is 0 Å². The lowest BCUT2D eigenvalue weighted by atomic mass is 9.89. The monoisotopic (exact) mass is 240 g/mol. The van der Waals surface area contributed by atoms with E-state index in [1.54, 1.807) is 0 Å². The number of rotatable bonds is 5. The number of hydrogen-bond donors (Lipinski definition) is 0. The normalized spacial score (nSPS) is 23.8. The third-order valence-corrected chi connectivity index (χ3v) is 2.98. The van der Waals surface area contributed by atoms with Gasteiger partial charge in [-0.3, -0.25) is 4.79 Å². The Morgan fingerprint density at radius 3 is 2.53 bits per heavy atom. The number of hydrogen-bond acceptors (Lipinski definition) is 4. The summed E-state index contributed by atoms with van der Waals surface area (Å²) in [6.07, 6.45) is 5.36. The molecule has 4 nitrogen and oxygen atoms in total. The second-order valence-corrected chi connectivity index (χ2v) is 4.49. The molecule has 4 heteroatoms. The summed E-state index contributed by atoms with van der Waals surface area (Å²) in [6.45, 7) is 5.55. The van der Waals surface area contributed by atoms with Crippen molar-refractivity contribution in [3.63, 3.8) is 0 Å². The summed E-state index contributed by atoms with van der Waals surface area (Å²) in [7, 11) is 0. The maximum atomic E-state index is 11.4. The maximum absolute atomic E-state index is 11.4. The van der Waals surface area contributed by atoms with Crippen molar-refractivity contribution in [2.75, 3.05) is 6.61 Å². The largest absolute Gasteiger partial charge is 0.462 e. The highest BCUT2D eigenvalue weighted by Crippen LogP contribution is 2.25. The van der Waals surface area contributed by atoms with E-state index in [1.807, 2.05) is 0 Å². The van der Waals surface area contributed by atoms with Crippen LogP contribution in [-0.4, -0.2) is 24.6 Å². The van der Waals surface area contributed by atoms with Crippen LogP contribution in [0.1, 0.15) is 39.0 Å². The molecule has 96 valence electrons. The number of ether oxygens (including phenoxy) is 2. The minimum absolute atomic E-state index is 0.0498. The maximum Gasteiger partial charge on any atom is 0.330 e. The smallest absolute Gasteiger partial charge is 0.330 e. The summed E-state index contributed by atoms with van der Waals surface area (Å²) < 4.78 is 10.0. The first-order chi connectivity index (χ1) is 8.11. The minimum atomic E-state index is -0.510. The van der Waals surface area contributed by atoms with Gasteiger partial charge in [-0.25, -0.2) is 4.79 Å². The van der Waals surface area contributed by atoms with E-state index in [0.29, 0.717) is 0 Å². The summed E-state index contributed by atoms with van der Waals surface area (Å²) in [6, 6.07) is 0. The standard InChI is InChI=1S/C13H20O4/c1-3-12(14)16-9-8-13(15)17-11-6-4-10(2)5-7-11/h3,10-11H,1,4-9H2,2H3. The molecule has 1 aliphatic rings. The fraction of sp³-hybridized carbons (Fsp3) is 0.692. The molecule has 1 aliphatic carbocycles. The van der Waals surface area contributed by atoms with Gasteiger partial charge >= 0.3 is 11.9 Å². The second-order valence-electron chi connectivity index (χ2n) is 4.49. The Kier molecular flexibility index (Phi) is 5.73. The van der Waals surface area contributed by atoms with Crippen LogP contribution in [0.3, 0.4) is 0 Å². The van der Waals surface area contributed by atoms with E-state index >= 15 is 0 Å². The van der Waals surface area contributed by atoms with E-state index in [-0.39, 0.29) is 25.1 Å². The van der Waals surface area contributed by atoms with E-state index in [1.165, 1.54) is 0 Å². The number of carbonyl (C=O) groups is 2. The fourth-order valence-corrected chi connectivity index (χ4v) is 1.89. The van der Waals surface area contributed by atoms with Crippen LogP contribution in [0.5, 0.6) is 0 Å². The molecule has 1 rings (SSSR count). The van der Waals surface area contributed by atoms with Gasteiger partial charge in [0.15, 0.2) is 0 Å². The molecular weight excluding hydrogens is 220 g/mol. The Bertz CT molecular complexity index is 277. The molecule has 0 saturated heterocycles. The van der Waals surface area contributed by atoms with Gasteiger partial charge in [0, 0.05) is 6.08 Å². The molecule has 0 amide bonds. The zero-order valence-corrected chi connectivity index (χ0v) is 10.3. The van der Waals surface area contributed by atoms with Crippen molar-refractivity contribution in [3.8, 4) is 0 Å². The Labute approximate surface area is 102 Å². The van der Waals surface area contributed by atoms with Crippen molar-refractivity contribution < 1.29 is 19.1 Å². The number of carbonyl (C=O) groups excluding carboxylic acids is 2. The van der Waals surface area contributed by atoms with Crippen LogP contribution in [0.25, 0.3) is 0 Å². The lowest BCUT2D eigenvalue weighted by Gasteiger charge is -2.25. The highest BCUT2D eigenvalue weighted by Gasteiger charge is 2.21. The van der Waals surface area contributed by atoms with Crippen LogP contribution in [0, 0.1) is 5.92 Å². The van der Waals surface area contributed by atoms with E-state index in [9.17, 15) is 9.59 Å². The minimum Gasteiger partial charge on any atom is -0.462 e. The van der Waals surface area contributed by atoms with Gasteiger partial charge in [0.1, 0.15) is 12.7 Å². The van der Waals surface area contributed by atoms with Gasteiger partial charge in [0.05, 0.1) is 6.42 Å². The Balaban J connectivity index is 2.12. The summed E-state index contributed by atoms with van der Waals surface area (Å²) in [5.41, 5.74) is 0. The van der Waals surface area contributed by atoms with Gasteiger partial charge in [-0.1, -0.05) is 13.5 Å². The quantitative estimate of drug-likeness (QED) is 0.546. The van der Waals surface area contributed by atoms with E-state index < -0.39 is 5.97 Å². The molecule has 0 radical (unpaired) electrons. The molecule has 0 aromatic carbocycles. The topological polar surface area (TPSA) is 52.6 Å². The molecule has 0 atom stereocenters. The van der Waals surface area contributed by atoms with Crippen LogP contribution in [0.2, 0.25) is 0 Å². The molecule has 0 heterocycles. The summed E-state index contributed by atoms with van der Waals surface area (Å²) >= 11 is 0. The van der Waals surface area contributed by atoms with Crippen LogP contribution >= 0.6 is 0 Å². The lowest BCUT2D eigenvalue weighted by Crippen LogP contribution is -2.24. The van der Waals surface area contributed by atoms with E-state index in [0.717, 1.165) is 37.7 Å². The predicted octanol–water partition coefficient (Wildman–Crippen LogP) is 2.23. The van der Waals surface area contributed by atoms with Crippen molar-refractivity contribution in [2.45, 2.75) is 45.1 Å². The highest BCUT2D eigenvalue weighted by atomic mass is 16.6. The Morgan fingerprint density at radius 2 is 1.94 bits per heavy atom. The first-order valence-corrected chi connectivity index (χ1v) is 6.10. The molecule has 0 aliphatic heterocycles. The van der Waals surface area contributed by atoms with Crippen LogP contribution in [-0.2, 0) is 19.1 Å². The van der Waals surface area contributed by atoms with Crippen molar-refractivity contribution in [2.24, 2.45) is 5.92 Å². The van der Waals surface area contributed by atoms with Crippen LogP contribution in [0.4, 0.5) is 0 Å². The number of esters is 2. The SMILES string of the molecule is C=CC(=O)OCCC(=O)OC1CCC(C)CC1. The molecule has 0 aromatic rings. The summed E-state index contributed by atoms with van der Waals surface area (Å²) in [4.78, 5) is 22.2. The lowest BCUT2D eigenvalue weighted by molar-refractivity contribution is -0.153. The summed E-state index contributed by atoms with van der Waals surface area (Å²) in [5.74, 6) is -0.0656. The zero-order valence-electron chi connectivity index (χ0n) is 10.3. The molecule has 0 unspecified atom stereocenters. The third kappa shape index (κ3) is 5.52. The van der Waals surface area contributed by atoms with E-state index in [2.05, 4.69) is 13.5 Å². The van der Waals surface area contributed by atoms with Crippen molar-refractivity contribution in [3.05, 3.63) is 12.7 Å². The second kappa shape index (κ2) is 7.09. The van der Waals surface area contributed by atoms with Crippen molar-refractivity contribution >= 4 is 11.9 Å². The fourth-order valence-electron chi connectivity index (χ4n) is 1.89. The molecule has 1 fully saturated rings. The van der Waals surface area contributed by atoms with Crippen molar-refractivity contribution in [1.82, 2.24) is 0 Å². The molecule has 0 spiro atoms. The van der Waals surface area contributed by atoms with Gasteiger partial charge in [-0.2, -0.15) is 0 Å². The third-order valence-electron chi connectivity index (χ3n) is 2.98. The average Bonchev–Trinajstić information content (AvgIpc) is 2.32. The summed E-state index contributed by atoms with van der Waals surface area (Å²) in [5, 5.41) is 0. The van der Waals surface area contributed by atoms with Crippen molar-refractivity contribution in [1.29, 1.82) is 0 Å². The molecule has 1 saturated carbocycles.